The SMILES string of the molecule is CSC(Cc1ccc(OCC(OS(N)(=O)=O)c2cccc(OC(F)(F)F)c2)cc1)C(=O)NC=O. The predicted octanol–water partition coefficient (Wildman–Crippen LogP) is 2.47. The second-order valence-electron chi connectivity index (χ2n) is 6.71. The summed E-state index contributed by atoms with van der Waals surface area (Å²) >= 11 is 1.27. The van der Waals surface area contributed by atoms with E-state index in [2.05, 4.69) is 10.1 Å². The summed E-state index contributed by atoms with van der Waals surface area (Å²) in [6.45, 7) is -0.402. The van der Waals surface area contributed by atoms with Crippen LogP contribution in [-0.4, -0.2) is 45.2 Å². The maximum atomic E-state index is 12.5. The van der Waals surface area contributed by atoms with Crippen LogP contribution in [0.1, 0.15) is 17.2 Å². The van der Waals surface area contributed by atoms with Gasteiger partial charge < -0.3 is 9.47 Å². The molecule has 9 nitrogen and oxygen atoms in total. The molecule has 0 aliphatic carbocycles. The zero-order valence-corrected chi connectivity index (χ0v) is 19.3. The van der Waals surface area contributed by atoms with Gasteiger partial charge in [-0.05, 0) is 48.1 Å². The number of thioether (sulfide) groups is 1. The van der Waals surface area contributed by atoms with E-state index in [1.165, 1.54) is 23.9 Å². The lowest BCUT2D eigenvalue weighted by Gasteiger charge is -2.19. The van der Waals surface area contributed by atoms with E-state index in [-0.39, 0.29) is 5.56 Å². The molecule has 2 atom stereocenters. The maximum absolute atomic E-state index is 12.5. The highest BCUT2D eigenvalue weighted by molar-refractivity contribution is 7.99. The highest BCUT2D eigenvalue weighted by Gasteiger charge is 2.31. The van der Waals surface area contributed by atoms with Crippen LogP contribution in [0.25, 0.3) is 0 Å². The second kappa shape index (κ2) is 12.1. The van der Waals surface area contributed by atoms with Crippen LogP contribution in [0.4, 0.5) is 13.2 Å². The number of amides is 2. The molecular weight excluding hydrogens is 501 g/mol. The lowest BCUT2D eigenvalue weighted by Crippen LogP contribution is -2.32. The van der Waals surface area contributed by atoms with Crippen LogP contribution in [0.15, 0.2) is 48.5 Å². The number of alkyl halides is 3. The molecular formula is C20H21F3N2O7S2. The van der Waals surface area contributed by atoms with Crippen molar-refractivity contribution < 1.29 is 44.8 Å². The minimum atomic E-state index is -4.93. The van der Waals surface area contributed by atoms with Crippen molar-refractivity contribution >= 4 is 34.4 Å². The summed E-state index contributed by atoms with van der Waals surface area (Å²) in [6, 6.07) is 11.0. The first-order valence-electron chi connectivity index (χ1n) is 9.45. The summed E-state index contributed by atoms with van der Waals surface area (Å²) in [6.07, 6.45) is -3.92. The van der Waals surface area contributed by atoms with E-state index in [4.69, 9.17) is 14.1 Å². The molecule has 0 aliphatic heterocycles. The van der Waals surface area contributed by atoms with Gasteiger partial charge in [0.1, 0.15) is 24.2 Å². The molecule has 34 heavy (non-hydrogen) atoms. The smallest absolute Gasteiger partial charge is 0.490 e. The maximum Gasteiger partial charge on any atom is 0.573 e. The summed E-state index contributed by atoms with van der Waals surface area (Å²) in [5.74, 6) is -0.700. The Bertz CT molecular complexity index is 1080. The fraction of sp³-hybridized carbons (Fsp3) is 0.300. The van der Waals surface area contributed by atoms with E-state index < -0.39 is 46.3 Å². The normalized spacial score (nSPS) is 13.6. The third-order valence-corrected chi connectivity index (χ3v) is 5.69. The number of rotatable bonds is 12. The van der Waals surface area contributed by atoms with Gasteiger partial charge >= 0.3 is 16.7 Å². The quantitative estimate of drug-likeness (QED) is 0.406. The third kappa shape index (κ3) is 9.59. The van der Waals surface area contributed by atoms with Crippen LogP contribution in [0.3, 0.4) is 0 Å². The molecule has 2 unspecified atom stereocenters. The average Bonchev–Trinajstić information content (AvgIpc) is 2.74. The molecule has 0 saturated carbocycles. The van der Waals surface area contributed by atoms with Crippen molar-refractivity contribution in [3.63, 3.8) is 0 Å². The summed E-state index contributed by atoms with van der Waals surface area (Å²) in [4.78, 5) is 22.3. The first kappa shape index (κ1) is 27.4. The molecule has 0 spiro atoms. The van der Waals surface area contributed by atoms with E-state index >= 15 is 0 Å². The fourth-order valence-electron chi connectivity index (χ4n) is 2.80. The Kier molecular flexibility index (Phi) is 9.73. The van der Waals surface area contributed by atoms with Crippen LogP contribution in [0.5, 0.6) is 11.5 Å². The van der Waals surface area contributed by atoms with E-state index in [9.17, 15) is 31.2 Å². The van der Waals surface area contributed by atoms with Crippen LogP contribution in [-0.2, 0) is 30.5 Å². The number of ether oxygens (including phenoxy) is 2. The number of benzene rings is 2. The van der Waals surface area contributed by atoms with E-state index in [1.54, 1.807) is 30.5 Å². The van der Waals surface area contributed by atoms with E-state index in [0.29, 0.717) is 18.6 Å². The van der Waals surface area contributed by atoms with Crippen LogP contribution >= 0.6 is 11.8 Å². The Morgan fingerprint density at radius 1 is 1.18 bits per heavy atom. The zero-order chi connectivity index (χ0) is 25.4. The van der Waals surface area contributed by atoms with Crippen LogP contribution in [0, 0.1) is 0 Å². The number of nitrogens with two attached hydrogens (primary N) is 1. The Labute approximate surface area is 198 Å². The van der Waals surface area contributed by atoms with Gasteiger partial charge in [-0.25, -0.2) is 9.32 Å². The summed E-state index contributed by atoms with van der Waals surface area (Å²) in [5.41, 5.74) is 0.790. The number of carbonyl (C=O) groups excluding carboxylic acids is 2. The molecule has 186 valence electrons. The van der Waals surface area contributed by atoms with Gasteiger partial charge in [-0.1, -0.05) is 24.3 Å². The molecule has 0 aliphatic rings. The van der Waals surface area contributed by atoms with Crippen molar-refractivity contribution in [1.82, 2.24) is 5.32 Å². The Morgan fingerprint density at radius 3 is 2.41 bits per heavy atom. The van der Waals surface area contributed by atoms with Crippen LogP contribution in [0.2, 0.25) is 0 Å². The lowest BCUT2D eigenvalue weighted by molar-refractivity contribution is -0.274. The number of hydrogen-bond acceptors (Lipinski definition) is 8. The van der Waals surface area contributed by atoms with Gasteiger partial charge in [0.25, 0.3) is 0 Å². The monoisotopic (exact) mass is 522 g/mol. The Balaban J connectivity index is 2.12. The Hall–Kier alpha value is -2.81. The zero-order valence-electron chi connectivity index (χ0n) is 17.7. The van der Waals surface area contributed by atoms with E-state index in [0.717, 1.165) is 17.7 Å². The molecule has 0 saturated heterocycles. The fourth-order valence-corrected chi connectivity index (χ4v) is 3.93. The first-order chi connectivity index (χ1) is 15.9. The minimum absolute atomic E-state index is 0.0244. The molecule has 3 N–H and O–H groups in total. The van der Waals surface area contributed by atoms with Gasteiger partial charge in [-0.3, -0.25) is 14.9 Å². The Morgan fingerprint density at radius 2 is 1.85 bits per heavy atom. The van der Waals surface area contributed by atoms with E-state index in [1.807, 2.05) is 0 Å². The van der Waals surface area contributed by atoms with Crippen molar-refractivity contribution in [2.24, 2.45) is 5.14 Å². The molecule has 14 heteroatoms. The molecule has 0 heterocycles. The van der Waals surface area contributed by atoms with Crippen molar-refractivity contribution in [1.29, 1.82) is 0 Å². The standard InChI is InChI=1S/C20H21F3N2O7S2/c1-33-18(19(27)25-12-26)9-13-5-7-15(8-6-13)30-11-17(32-34(24,28)29)14-3-2-4-16(10-14)31-20(21,22)23/h2-8,10,12,17-18H,9,11H2,1H3,(H2,24,28,29)(H,25,26,27). The molecule has 0 fully saturated rings. The van der Waals surface area contributed by atoms with Gasteiger partial charge in [0, 0.05) is 0 Å². The van der Waals surface area contributed by atoms with Crippen LogP contribution < -0.4 is 19.9 Å². The molecule has 0 aromatic heterocycles. The topological polar surface area (TPSA) is 134 Å². The summed E-state index contributed by atoms with van der Waals surface area (Å²) in [7, 11) is -4.47. The summed E-state index contributed by atoms with van der Waals surface area (Å²) < 4.78 is 74.6. The number of carbonyl (C=O) groups is 2. The molecule has 2 aromatic rings. The van der Waals surface area contributed by atoms with Crippen molar-refractivity contribution in [3.8, 4) is 11.5 Å². The van der Waals surface area contributed by atoms with Gasteiger partial charge in [0.2, 0.25) is 12.3 Å². The number of nitrogens with one attached hydrogen (secondary N) is 1. The minimum Gasteiger partial charge on any atom is -0.490 e. The molecule has 2 amide bonds. The summed E-state index contributed by atoms with van der Waals surface area (Å²) in [5, 5.41) is 6.55. The van der Waals surface area contributed by atoms with Gasteiger partial charge in [0.15, 0.2) is 0 Å². The second-order valence-corrected chi connectivity index (χ2v) is 8.93. The number of hydrogen-bond donors (Lipinski definition) is 2. The largest absolute Gasteiger partial charge is 0.573 e. The highest BCUT2D eigenvalue weighted by atomic mass is 32.2. The highest BCUT2D eigenvalue weighted by Crippen LogP contribution is 2.28. The van der Waals surface area contributed by atoms with Gasteiger partial charge in [-0.2, -0.15) is 20.2 Å². The van der Waals surface area contributed by atoms with Crippen molar-refractivity contribution in [2.75, 3.05) is 12.9 Å². The van der Waals surface area contributed by atoms with Gasteiger partial charge in [-0.15, -0.1) is 13.2 Å². The van der Waals surface area contributed by atoms with Crippen molar-refractivity contribution in [2.45, 2.75) is 24.1 Å². The number of imide groups is 1. The predicted molar refractivity (Wildman–Crippen MR) is 117 cm³/mol. The molecule has 2 rings (SSSR count). The number of halogens is 3. The molecule has 0 bridgehead atoms. The molecule has 0 radical (unpaired) electrons. The van der Waals surface area contributed by atoms with Gasteiger partial charge in [0.05, 0.1) is 5.25 Å². The molecule has 2 aromatic carbocycles. The first-order valence-corrected chi connectivity index (χ1v) is 12.2. The third-order valence-electron chi connectivity index (χ3n) is 4.24. The average molecular weight is 523 g/mol. The lowest BCUT2D eigenvalue weighted by atomic mass is 10.1. The van der Waals surface area contributed by atoms with Crippen molar-refractivity contribution in [3.05, 3.63) is 59.7 Å².